The van der Waals surface area contributed by atoms with E-state index in [0.29, 0.717) is 18.8 Å². The molecule has 0 aromatic heterocycles. The van der Waals surface area contributed by atoms with Gasteiger partial charge in [0.05, 0.1) is 6.61 Å². The van der Waals surface area contributed by atoms with Gasteiger partial charge in [0.2, 0.25) is 0 Å². The van der Waals surface area contributed by atoms with Gasteiger partial charge in [0, 0.05) is 12.2 Å². The number of carbonyl (C=O) groups excluding carboxylic acids is 1. The van der Waals surface area contributed by atoms with Gasteiger partial charge in [-0.05, 0) is 13.3 Å². The summed E-state index contributed by atoms with van der Waals surface area (Å²) in [5.74, 6) is -0.367. The van der Waals surface area contributed by atoms with Crippen LogP contribution in [-0.4, -0.2) is 25.8 Å². The summed E-state index contributed by atoms with van der Waals surface area (Å²) in [4.78, 5) is 10.8. The van der Waals surface area contributed by atoms with Crippen LogP contribution in [0, 0.1) is 6.92 Å². The highest BCUT2D eigenvalue weighted by Gasteiger charge is 2.01. The Morgan fingerprint density at radius 1 is 1.33 bits per heavy atom. The minimum Gasteiger partial charge on any atom is -0.460 e. The Labute approximate surface area is 73.4 Å². The number of carbonyl (C=O) groups is 1. The van der Waals surface area contributed by atoms with Crippen molar-refractivity contribution in [2.24, 2.45) is 0 Å². The van der Waals surface area contributed by atoms with Gasteiger partial charge in [-0.15, -0.1) is 0 Å². The van der Waals surface area contributed by atoms with Crippen LogP contribution in [-0.2, 0) is 14.3 Å². The lowest BCUT2D eigenvalue weighted by Crippen LogP contribution is -2.11. The van der Waals surface area contributed by atoms with Crippen molar-refractivity contribution >= 4 is 5.97 Å². The summed E-state index contributed by atoms with van der Waals surface area (Å²) in [6.07, 6.45) is 0.731. The van der Waals surface area contributed by atoms with Crippen molar-refractivity contribution in [3.05, 3.63) is 19.1 Å². The molecule has 12 heavy (non-hydrogen) atoms. The molecule has 0 rings (SSSR count). The van der Waals surface area contributed by atoms with Crippen LogP contribution in [0.2, 0.25) is 0 Å². The summed E-state index contributed by atoms with van der Waals surface area (Å²) in [5.41, 5.74) is 0.409. The van der Waals surface area contributed by atoms with Crippen molar-refractivity contribution in [1.29, 1.82) is 0 Å². The summed E-state index contributed by atoms with van der Waals surface area (Å²) in [5, 5.41) is 0. The molecular formula is C9H15O3. The lowest BCUT2D eigenvalue weighted by molar-refractivity contribution is -0.140. The topological polar surface area (TPSA) is 35.5 Å². The molecule has 69 valence electrons. The van der Waals surface area contributed by atoms with Gasteiger partial charge in [0.25, 0.3) is 0 Å². The van der Waals surface area contributed by atoms with E-state index in [2.05, 4.69) is 13.5 Å². The van der Waals surface area contributed by atoms with Crippen molar-refractivity contribution in [2.75, 3.05) is 19.8 Å². The van der Waals surface area contributed by atoms with E-state index < -0.39 is 0 Å². The molecule has 0 N–H and O–H groups in total. The van der Waals surface area contributed by atoms with Crippen LogP contribution in [0.1, 0.15) is 13.3 Å². The lowest BCUT2D eigenvalue weighted by atomic mass is 10.4. The van der Waals surface area contributed by atoms with Gasteiger partial charge in [0.15, 0.2) is 0 Å². The molecular weight excluding hydrogens is 156 g/mol. The smallest absolute Gasteiger partial charge is 0.333 e. The monoisotopic (exact) mass is 171 g/mol. The molecule has 0 atom stereocenters. The number of ether oxygens (including phenoxy) is 2. The molecule has 0 aromatic carbocycles. The maximum absolute atomic E-state index is 10.8. The maximum atomic E-state index is 10.8. The molecule has 3 heteroatoms. The summed E-state index contributed by atoms with van der Waals surface area (Å²) < 4.78 is 9.81. The Kier molecular flexibility index (Phi) is 6.38. The van der Waals surface area contributed by atoms with E-state index >= 15 is 0 Å². The van der Waals surface area contributed by atoms with Crippen LogP contribution in [0.4, 0.5) is 0 Å². The Balaban J connectivity index is 3.20. The molecule has 0 saturated carbocycles. The van der Waals surface area contributed by atoms with Gasteiger partial charge in [-0.3, -0.25) is 0 Å². The minimum absolute atomic E-state index is 0.283. The van der Waals surface area contributed by atoms with Gasteiger partial charge in [-0.2, -0.15) is 0 Å². The first-order valence-corrected chi connectivity index (χ1v) is 3.88. The third-order valence-electron chi connectivity index (χ3n) is 1.10. The van der Waals surface area contributed by atoms with Crippen LogP contribution in [0.25, 0.3) is 0 Å². The molecule has 0 spiro atoms. The van der Waals surface area contributed by atoms with E-state index in [9.17, 15) is 4.79 Å². The third kappa shape index (κ3) is 5.92. The van der Waals surface area contributed by atoms with E-state index in [1.54, 1.807) is 6.92 Å². The fraction of sp³-hybridized carbons (Fsp3) is 0.556. The first-order valence-electron chi connectivity index (χ1n) is 3.88. The van der Waals surface area contributed by atoms with Gasteiger partial charge < -0.3 is 9.47 Å². The van der Waals surface area contributed by atoms with E-state index in [0.717, 1.165) is 6.42 Å². The molecule has 3 nitrogen and oxygen atoms in total. The average molecular weight is 171 g/mol. The van der Waals surface area contributed by atoms with Gasteiger partial charge in [0.1, 0.15) is 6.61 Å². The first kappa shape index (κ1) is 11.2. The van der Waals surface area contributed by atoms with Crippen molar-refractivity contribution in [3.63, 3.8) is 0 Å². The quantitative estimate of drug-likeness (QED) is 0.344. The van der Waals surface area contributed by atoms with Gasteiger partial charge >= 0.3 is 5.97 Å². The standard InChI is InChI=1S/C9H15O3/c1-4-5-11-6-7-12-9(10)8(2)3/h1-2,4-7H2,3H3. The summed E-state index contributed by atoms with van der Waals surface area (Å²) in [7, 11) is 0. The van der Waals surface area contributed by atoms with Crippen LogP contribution < -0.4 is 0 Å². The van der Waals surface area contributed by atoms with E-state index in [-0.39, 0.29) is 12.6 Å². The van der Waals surface area contributed by atoms with Crippen LogP contribution in [0.5, 0.6) is 0 Å². The van der Waals surface area contributed by atoms with Crippen LogP contribution in [0.3, 0.4) is 0 Å². The van der Waals surface area contributed by atoms with Gasteiger partial charge in [-0.1, -0.05) is 13.5 Å². The normalized spacial score (nSPS) is 9.50. The zero-order valence-corrected chi connectivity index (χ0v) is 7.47. The van der Waals surface area contributed by atoms with Gasteiger partial charge in [-0.25, -0.2) is 4.79 Å². The summed E-state index contributed by atoms with van der Waals surface area (Å²) in [6, 6.07) is 0. The van der Waals surface area contributed by atoms with Crippen molar-refractivity contribution < 1.29 is 14.3 Å². The largest absolute Gasteiger partial charge is 0.460 e. The minimum atomic E-state index is -0.367. The maximum Gasteiger partial charge on any atom is 0.333 e. The third-order valence-corrected chi connectivity index (χ3v) is 1.10. The predicted molar refractivity (Wildman–Crippen MR) is 46.6 cm³/mol. The zero-order chi connectivity index (χ0) is 9.40. The molecule has 0 unspecified atom stereocenters. The molecule has 0 aromatic rings. The Bertz CT molecular complexity index is 152. The van der Waals surface area contributed by atoms with E-state index in [1.165, 1.54) is 0 Å². The molecule has 0 aliphatic rings. The summed E-state index contributed by atoms with van der Waals surface area (Å²) >= 11 is 0. The second-order valence-electron chi connectivity index (χ2n) is 2.38. The molecule has 1 radical (unpaired) electrons. The lowest BCUT2D eigenvalue weighted by Gasteiger charge is -2.04. The van der Waals surface area contributed by atoms with Crippen molar-refractivity contribution in [1.82, 2.24) is 0 Å². The number of hydrogen-bond donors (Lipinski definition) is 0. The SMILES string of the molecule is [CH2]CCOCCOC(=O)C(=C)C. The average Bonchev–Trinajstić information content (AvgIpc) is 2.03. The van der Waals surface area contributed by atoms with Crippen LogP contribution in [0.15, 0.2) is 12.2 Å². The fourth-order valence-corrected chi connectivity index (χ4v) is 0.521. The van der Waals surface area contributed by atoms with E-state index in [1.807, 2.05) is 0 Å². The first-order chi connectivity index (χ1) is 5.68. The zero-order valence-electron chi connectivity index (χ0n) is 7.47. The molecule has 0 fully saturated rings. The number of esters is 1. The number of hydrogen-bond acceptors (Lipinski definition) is 3. The molecule has 0 aliphatic carbocycles. The highest BCUT2D eigenvalue weighted by Crippen LogP contribution is 1.91. The van der Waals surface area contributed by atoms with Crippen molar-refractivity contribution in [3.8, 4) is 0 Å². The van der Waals surface area contributed by atoms with Crippen LogP contribution >= 0.6 is 0 Å². The summed E-state index contributed by atoms with van der Waals surface area (Å²) in [6.45, 7) is 9.97. The highest BCUT2D eigenvalue weighted by molar-refractivity contribution is 5.86. The molecule has 0 aliphatic heterocycles. The fourth-order valence-electron chi connectivity index (χ4n) is 0.521. The Hall–Kier alpha value is -0.830. The highest BCUT2D eigenvalue weighted by atomic mass is 16.6. The van der Waals surface area contributed by atoms with E-state index in [4.69, 9.17) is 9.47 Å². The van der Waals surface area contributed by atoms with Crippen molar-refractivity contribution in [2.45, 2.75) is 13.3 Å². The second kappa shape index (κ2) is 6.85. The molecule has 0 heterocycles. The number of rotatable bonds is 6. The molecule has 0 saturated heterocycles. The molecule has 0 amide bonds. The Morgan fingerprint density at radius 2 is 2.00 bits per heavy atom. The molecule has 0 bridgehead atoms. The second-order valence-corrected chi connectivity index (χ2v) is 2.38. The predicted octanol–water partition coefficient (Wildman–Crippen LogP) is 1.35. The Morgan fingerprint density at radius 3 is 2.50 bits per heavy atom.